The number of benzene rings is 2. The molecular weight excluding hydrogens is 394 g/mol. The molecule has 2 amide bonds. The van der Waals surface area contributed by atoms with E-state index >= 15 is 0 Å². The molecule has 2 N–H and O–H groups in total. The number of likely N-dealkylation sites (tertiary alicyclic amines) is 1. The molecule has 0 bridgehead atoms. The molecule has 0 aliphatic carbocycles. The molecule has 0 spiro atoms. The zero-order chi connectivity index (χ0) is 21.4. The fraction of sp³-hybridized carbons (Fsp3) is 0.417. The maximum atomic E-state index is 13.3. The van der Waals surface area contributed by atoms with E-state index in [9.17, 15) is 9.59 Å². The topological polar surface area (TPSA) is 85.1 Å². The number of fused-ring (bicyclic) bond motifs is 2. The third kappa shape index (κ3) is 3.85. The molecule has 0 saturated carbocycles. The van der Waals surface area contributed by atoms with Crippen LogP contribution in [0.2, 0.25) is 0 Å². The lowest BCUT2D eigenvalue weighted by Crippen LogP contribution is -2.52. The van der Waals surface area contributed by atoms with E-state index in [-0.39, 0.29) is 24.4 Å². The molecule has 0 radical (unpaired) electrons. The molecule has 3 aliphatic rings. The predicted molar refractivity (Wildman–Crippen MR) is 115 cm³/mol. The maximum absolute atomic E-state index is 13.3. The fourth-order valence-electron chi connectivity index (χ4n) is 4.97. The lowest BCUT2D eigenvalue weighted by Gasteiger charge is -2.36. The predicted octanol–water partition coefficient (Wildman–Crippen LogP) is 2.03. The second-order valence-corrected chi connectivity index (χ2v) is 8.44. The van der Waals surface area contributed by atoms with Gasteiger partial charge in [-0.25, -0.2) is 0 Å². The van der Waals surface area contributed by atoms with Crippen LogP contribution >= 0.6 is 0 Å². The number of amides is 2. The first-order valence-corrected chi connectivity index (χ1v) is 10.9. The second-order valence-electron chi connectivity index (χ2n) is 8.44. The quantitative estimate of drug-likeness (QED) is 0.817. The summed E-state index contributed by atoms with van der Waals surface area (Å²) >= 11 is 0. The summed E-state index contributed by atoms with van der Waals surface area (Å²) in [6, 6.07) is 13.5. The van der Waals surface area contributed by atoms with Crippen molar-refractivity contribution in [3.8, 4) is 11.5 Å². The third-order valence-corrected chi connectivity index (χ3v) is 6.54. The van der Waals surface area contributed by atoms with E-state index in [0.29, 0.717) is 32.7 Å². The van der Waals surface area contributed by atoms with Gasteiger partial charge in [-0.2, -0.15) is 0 Å². The minimum atomic E-state index is -0.464. The van der Waals surface area contributed by atoms with Gasteiger partial charge in [-0.3, -0.25) is 14.5 Å². The molecular formula is C24H27N3O4. The Morgan fingerprint density at radius 1 is 1.03 bits per heavy atom. The number of nitrogens with two attached hydrogens (primary N) is 1. The molecule has 2 aromatic rings. The number of nitrogens with zero attached hydrogens (tertiary/aromatic N) is 2. The minimum absolute atomic E-state index is 0.00688. The Morgan fingerprint density at radius 3 is 2.61 bits per heavy atom. The van der Waals surface area contributed by atoms with Crippen LogP contribution in [0.25, 0.3) is 0 Å². The number of primary amides is 1. The van der Waals surface area contributed by atoms with Crippen molar-refractivity contribution < 1.29 is 19.1 Å². The zero-order valence-corrected chi connectivity index (χ0v) is 17.5. The molecule has 3 heterocycles. The highest BCUT2D eigenvalue weighted by Crippen LogP contribution is 2.38. The van der Waals surface area contributed by atoms with Gasteiger partial charge in [0.1, 0.15) is 13.2 Å². The van der Waals surface area contributed by atoms with Crippen LogP contribution in [-0.4, -0.2) is 54.0 Å². The van der Waals surface area contributed by atoms with Crippen molar-refractivity contribution in [2.45, 2.75) is 37.9 Å². The highest BCUT2D eigenvalue weighted by atomic mass is 16.6. The van der Waals surface area contributed by atoms with Crippen molar-refractivity contribution in [2.75, 3.05) is 26.3 Å². The molecule has 7 nitrogen and oxygen atoms in total. The molecule has 2 aromatic carbocycles. The van der Waals surface area contributed by atoms with Gasteiger partial charge < -0.3 is 20.1 Å². The van der Waals surface area contributed by atoms with Gasteiger partial charge in [0.05, 0.1) is 18.6 Å². The fourth-order valence-corrected chi connectivity index (χ4v) is 4.97. The molecule has 0 aromatic heterocycles. The largest absolute Gasteiger partial charge is 0.486 e. The summed E-state index contributed by atoms with van der Waals surface area (Å²) < 4.78 is 11.3. The summed E-state index contributed by atoms with van der Waals surface area (Å²) in [6.45, 7) is 2.54. The number of rotatable bonds is 4. The normalized spacial score (nSPS) is 22.8. The van der Waals surface area contributed by atoms with Gasteiger partial charge in [-0.05, 0) is 48.1 Å². The minimum Gasteiger partial charge on any atom is -0.486 e. The van der Waals surface area contributed by atoms with E-state index in [2.05, 4.69) is 6.07 Å². The third-order valence-electron chi connectivity index (χ3n) is 6.54. The van der Waals surface area contributed by atoms with E-state index < -0.39 is 6.04 Å². The molecule has 1 saturated heterocycles. The molecule has 2 atom stereocenters. The molecule has 5 rings (SSSR count). The zero-order valence-electron chi connectivity index (χ0n) is 17.5. The summed E-state index contributed by atoms with van der Waals surface area (Å²) in [5.41, 5.74) is 9.04. The lowest BCUT2D eigenvalue weighted by molar-refractivity contribution is -0.135. The first kappa shape index (κ1) is 19.9. The first-order valence-electron chi connectivity index (χ1n) is 10.9. The molecule has 0 unspecified atom stereocenters. The second kappa shape index (κ2) is 8.23. The Morgan fingerprint density at radius 2 is 1.81 bits per heavy atom. The highest BCUT2D eigenvalue weighted by Gasteiger charge is 2.35. The summed E-state index contributed by atoms with van der Waals surface area (Å²) in [5.74, 6) is 1.14. The van der Waals surface area contributed by atoms with Gasteiger partial charge in [-0.1, -0.05) is 30.3 Å². The SMILES string of the molecule is NC(=O)[C@@H]1Cc2ccccc2CN1CC(=O)N1CCC[C@H]1c1ccc2c(c1)OCCO2. The molecule has 3 aliphatic heterocycles. The molecule has 31 heavy (non-hydrogen) atoms. The summed E-state index contributed by atoms with van der Waals surface area (Å²) in [5, 5.41) is 0. The van der Waals surface area contributed by atoms with Crippen LogP contribution < -0.4 is 15.2 Å². The summed E-state index contributed by atoms with van der Waals surface area (Å²) in [6.07, 6.45) is 2.41. The van der Waals surface area contributed by atoms with Crippen LogP contribution in [0.1, 0.15) is 35.6 Å². The van der Waals surface area contributed by atoms with E-state index in [1.54, 1.807) is 0 Å². The van der Waals surface area contributed by atoms with Crippen LogP contribution in [0.3, 0.4) is 0 Å². The van der Waals surface area contributed by atoms with Crippen LogP contribution in [0.4, 0.5) is 0 Å². The van der Waals surface area contributed by atoms with Crippen LogP contribution in [0.5, 0.6) is 11.5 Å². The monoisotopic (exact) mass is 421 g/mol. The molecule has 1 fully saturated rings. The summed E-state index contributed by atoms with van der Waals surface area (Å²) in [4.78, 5) is 29.3. The molecule has 7 heteroatoms. The highest BCUT2D eigenvalue weighted by molar-refractivity contribution is 5.83. The lowest BCUT2D eigenvalue weighted by atomic mass is 9.93. The summed E-state index contributed by atoms with van der Waals surface area (Å²) in [7, 11) is 0. The van der Waals surface area contributed by atoms with Gasteiger partial charge in [0, 0.05) is 13.1 Å². The van der Waals surface area contributed by atoms with E-state index in [1.807, 2.05) is 46.2 Å². The van der Waals surface area contributed by atoms with Crippen LogP contribution in [-0.2, 0) is 22.6 Å². The van der Waals surface area contributed by atoms with Crippen molar-refractivity contribution in [3.63, 3.8) is 0 Å². The van der Waals surface area contributed by atoms with E-state index in [4.69, 9.17) is 15.2 Å². The maximum Gasteiger partial charge on any atom is 0.237 e. The van der Waals surface area contributed by atoms with Crippen molar-refractivity contribution >= 4 is 11.8 Å². The van der Waals surface area contributed by atoms with Crippen molar-refractivity contribution in [3.05, 3.63) is 59.2 Å². The average Bonchev–Trinajstić information content (AvgIpc) is 3.28. The van der Waals surface area contributed by atoms with Crippen molar-refractivity contribution in [2.24, 2.45) is 5.73 Å². The van der Waals surface area contributed by atoms with Gasteiger partial charge in [0.2, 0.25) is 11.8 Å². The average molecular weight is 421 g/mol. The standard InChI is InChI=1S/C24H27N3O4/c25-24(29)20-12-16-4-1-2-5-18(16)14-26(20)15-23(28)27-9-3-6-19(27)17-7-8-21-22(13-17)31-11-10-30-21/h1-2,4-5,7-8,13,19-20H,3,6,9-12,14-15H2,(H2,25,29)/t19-,20-/m0/s1. The number of carbonyl (C=O) groups is 2. The smallest absolute Gasteiger partial charge is 0.237 e. The number of hydrogen-bond acceptors (Lipinski definition) is 5. The Kier molecular flexibility index (Phi) is 5.28. The van der Waals surface area contributed by atoms with E-state index in [1.165, 1.54) is 0 Å². The Labute approximate surface area is 181 Å². The Hall–Kier alpha value is -3.06. The van der Waals surface area contributed by atoms with Gasteiger partial charge in [-0.15, -0.1) is 0 Å². The molecule has 162 valence electrons. The first-order chi connectivity index (χ1) is 15.1. The van der Waals surface area contributed by atoms with E-state index in [0.717, 1.165) is 41.0 Å². The Bertz CT molecular complexity index is 1010. The van der Waals surface area contributed by atoms with Gasteiger partial charge in [0.25, 0.3) is 0 Å². The number of carbonyl (C=O) groups excluding carboxylic acids is 2. The van der Waals surface area contributed by atoms with Crippen LogP contribution in [0, 0.1) is 0 Å². The van der Waals surface area contributed by atoms with Crippen LogP contribution in [0.15, 0.2) is 42.5 Å². The van der Waals surface area contributed by atoms with Crippen molar-refractivity contribution in [1.29, 1.82) is 0 Å². The van der Waals surface area contributed by atoms with Gasteiger partial charge in [0.15, 0.2) is 11.5 Å². The van der Waals surface area contributed by atoms with Gasteiger partial charge >= 0.3 is 0 Å². The Balaban J connectivity index is 1.34. The number of ether oxygens (including phenoxy) is 2. The number of hydrogen-bond donors (Lipinski definition) is 1. The van der Waals surface area contributed by atoms with Crippen molar-refractivity contribution in [1.82, 2.24) is 9.80 Å².